The van der Waals surface area contributed by atoms with E-state index in [1.165, 1.54) is 11.1 Å². The van der Waals surface area contributed by atoms with Crippen molar-refractivity contribution in [3.8, 4) is 0 Å². The standard InChI is InChI=1S/C16H22N2O2/c1-11-15(17-9-10-20-11)16(19)18-14-8-4-6-12-5-2-3-7-13(12)14/h2-3,5,7,11,14-15,17H,4,6,8-10H2,1H3,(H,18,19)/t11-,14?,15+/m1/s1. The Labute approximate surface area is 119 Å². The first-order chi connectivity index (χ1) is 9.75. The van der Waals surface area contributed by atoms with Crippen molar-refractivity contribution in [2.75, 3.05) is 13.2 Å². The number of carbonyl (C=O) groups excluding carboxylic acids is 1. The maximum atomic E-state index is 12.4. The van der Waals surface area contributed by atoms with Crippen molar-refractivity contribution < 1.29 is 9.53 Å². The lowest BCUT2D eigenvalue weighted by Crippen LogP contribution is -2.56. The Morgan fingerprint density at radius 1 is 1.40 bits per heavy atom. The Hall–Kier alpha value is -1.39. The smallest absolute Gasteiger partial charge is 0.240 e. The molecule has 2 N–H and O–H groups in total. The van der Waals surface area contributed by atoms with Gasteiger partial charge in [0.2, 0.25) is 5.91 Å². The van der Waals surface area contributed by atoms with E-state index in [0.29, 0.717) is 6.61 Å². The summed E-state index contributed by atoms with van der Waals surface area (Å²) in [7, 11) is 0. The summed E-state index contributed by atoms with van der Waals surface area (Å²) < 4.78 is 5.55. The summed E-state index contributed by atoms with van der Waals surface area (Å²) in [6.45, 7) is 3.37. The lowest BCUT2D eigenvalue weighted by Gasteiger charge is -2.32. The van der Waals surface area contributed by atoms with E-state index in [-0.39, 0.29) is 24.1 Å². The van der Waals surface area contributed by atoms with Gasteiger partial charge in [-0.25, -0.2) is 0 Å². The lowest BCUT2D eigenvalue weighted by molar-refractivity contribution is -0.129. The number of hydrogen-bond acceptors (Lipinski definition) is 3. The van der Waals surface area contributed by atoms with E-state index in [1.54, 1.807) is 0 Å². The minimum Gasteiger partial charge on any atom is -0.375 e. The van der Waals surface area contributed by atoms with Crippen LogP contribution >= 0.6 is 0 Å². The zero-order valence-corrected chi connectivity index (χ0v) is 11.9. The predicted molar refractivity (Wildman–Crippen MR) is 77.5 cm³/mol. The number of benzene rings is 1. The van der Waals surface area contributed by atoms with Gasteiger partial charge in [0.15, 0.2) is 0 Å². The summed E-state index contributed by atoms with van der Waals surface area (Å²) in [5.41, 5.74) is 2.64. The molecule has 2 aliphatic rings. The molecule has 1 saturated heterocycles. The summed E-state index contributed by atoms with van der Waals surface area (Å²) in [6, 6.07) is 8.32. The number of rotatable bonds is 2. The number of nitrogens with one attached hydrogen (secondary N) is 2. The zero-order chi connectivity index (χ0) is 13.9. The molecule has 1 aliphatic heterocycles. The minimum atomic E-state index is -0.238. The second kappa shape index (κ2) is 5.94. The van der Waals surface area contributed by atoms with Gasteiger partial charge in [0.25, 0.3) is 0 Å². The molecule has 108 valence electrons. The molecule has 4 heteroatoms. The van der Waals surface area contributed by atoms with Crippen LogP contribution in [-0.4, -0.2) is 31.2 Å². The minimum absolute atomic E-state index is 0.0545. The number of amides is 1. The molecule has 0 radical (unpaired) electrons. The Kier molecular flexibility index (Phi) is 4.03. The first kappa shape index (κ1) is 13.6. The fourth-order valence-electron chi connectivity index (χ4n) is 3.19. The molecular weight excluding hydrogens is 252 g/mol. The Morgan fingerprint density at radius 2 is 2.25 bits per heavy atom. The molecule has 1 aliphatic carbocycles. The Bertz CT molecular complexity index is 489. The van der Waals surface area contributed by atoms with E-state index in [0.717, 1.165) is 25.8 Å². The van der Waals surface area contributed by atoms with Gasteiger partial charge in [0.05, 0.1) is 18.8 Å². The fraction of sp³-hybridized carbons (Fsp3) is 0.562. The van der Waals surface area contributed by atoms with Gasteiger partial charge in [0.1, 0.15) is 6.04 Å². The van der Waals surface area contributed by atoms with E-state index in [2.05, 4.69) is 28.8 Å². The van der Waals surface area contributed by atoms with E-state index in [4.69, 9.17) is 4.74 Å². The van der Waals surface area contributed by atoms with Crippen LogP contribution in [0.15, 0.2) is 24.3 Å². The van der Waals surface area contributed by atoms with Gasteiger partial charge >= 0.3 is 0 Å². The molecule has 1 aromatic carbocycles. The normalized spacial score (nSPS) is 29.6. The Morgan fingerprint density at radius 3 is 3.10 bits per heavy atom. The largest absolute Gasteiger partial charge is 0.375 e. The van der Waals surface area contributed by atoms with Gasteiger partial charge in [0, 0.05) is 6.54 Å². The number of morpholine rings is 1. The molecule has 3 rings (SSSR count). The van der Waals surface area contributed by atoms with Crippen molar-refractivity contribution in [3.63, 3.8) is 0 Å². The van der Waals surface area contributed by atoms with E-state index >= 15 is 0 Å². The second-order valence-electron chi connectivity index (χ2n) is 5.66. The molecule has 0 saturated carbocycles. The number of aryl methyl sites for hydroxylation is 1. The number of ether oxygens (including phenoxy) is 1. The first-order valence-corrected chi connectivity index (χ1v) is 7.49. The summed E-state index contributed by atoms with van der Waals surface area (Å²) in [6.07, 6.45) is 3.20. The molecule has 0 bridgehead atoms. The van der Waals surface area contributed by atoms with Crippen LogP contribution in [0, 0.1) is 0 Å². The highest BCUT2D eigenvalue weighted by molar-refractivity contribution is 5.83. The molecule has 0 aromatic heterocycles. The third-order valence-corrected chi connectivity index (χ3v) is 4.28. The van der Waals surface area contributed by atoms with Crippen molar-refractivity contribution in [2.24, 2.45) is 0 Å². The first-order valence-electron chi connectivity index (χ1n) is 7.49. The van der Waals surface area contributed by atoms with Crippen LogP contribution < -0.4 is 10.6 Å². The van der Waals surface area contributed by atoms with Crippen LogP contribution in [-0.2, 0) is 16.0 Å². The molecule has 4 nitrogen and oxygen atoms in total. The molecule has 20 heavy (non-hydrogen) atoms. The Balaban J connectivity index is 1.70. The van der Waals surface area contributed by atoms with Crippen molar-refractivity contribution >= 4 is 5.91 Å². The van der Waals surface area contributed by atoms with Crippen molar-refractivity contribution in [3.05, 3.63) is 35.4 Å². The molecule has 0 spiro atoms. The average molecular weight is 274 g/mol. The van der Waals surface area contributed by atoms with Crippen molar-refractivity contribution in [1.82, 2.24) is 10.6 Å². The highest BCUT2D eigenvalue weighted by Gasteiger charge is 2.30. The summed E-state index contributed by atoms with van der Waals surface area (Å²) in [5, 5.41) is 6.44. The third-order valence-electron chi connectivity index (χ3n) is 4.28. The molecular formula is C16H22N2O2. The maximum absolute atomic E-state index is 12.4. The van der Waals surface area contributed by atoms with Gasteiger partial charge in [-0.2, -0.15) is 0 Å². The fourth-order valence-corrected chi connectivity index (χ4v) is 3.19. The highest BCUT2D eigenvalue weighted by Crippen LogP contribution is 2.29. The van der Waals surface area contributed by atoms with Crippen LogP contribution in [0.5, 0.6) is 0 Å². The van der Waals surface area contributed by atoms with Crippen molar-refractivity contribution in [1.29, 1.82) is 0 Å². The van der Waals surface area contributed by atoms with Gasteiger partial charge in [-0.05, 0) is 37.3 Å². The quantitative estimate of drug-likeness (QED) is 0.860. The van der Waals surface area contributed by atoms with Crippen LogP contribution in [0.2, 0.25) is 0 Å². The SMILES string of the molecule is C[C@H]1OCCN[C@@H]1C(=O)NC1CCCc2ccccc21. The van der Waals surface area contributed by atoms with Gasteiger partial charge in [-0.1, -0.05) is 24.3 Å². The van der Waals surface area contributed by atoms with Crippen LogP contribution in [0.25, 0.3) is 0 Å². The molecule has 3 atom stereocenters. The predicted octanol–water partition coefficient (Wildman–Crippen LogP) is 1.56. The van der Waals surface area contributed by atoms with Gasteiger partial charge < -0.3 is 15.4 Å². The zero-order valence-electron chi connectivity index (χ0n) is 11.9. The molecule has 1 unspecified atom stereocenters. The van der Waals surface area contributed by atoms with Crippen LogP contribution in [0.3, 0.4) is 0 Å². The van der Waals surface area contributed by atoms with Crippen LogP contribution in [0.1, 0.15) is 36.9 Å². The van der Waals surface area contributed by atoms with Gasteiger partial charge in [-0.3, -0.25) is 4.79 Å². The number of carbonyl (C=O) groups is 1. The van der Waals surface area contributed by atoms with Crippen molar-refractivity contribution in [2.45, 2.75) is 44.4 Å². The van der Waals surface area contributed by atoms with E-state index < -0.39 is 0 Å². The highest BCUT2D eigenvalue weighted by atomic mass is 16.5. The van der Waals surface area contributed by atoms with E-state index in [9.17, 15) is 4.79 Å². The summed E-state index contributed by atoms with van der Waals surface area (Å²) in [5.74, 6) is 0.0545. The molecule has 1 amide bonds. The van der Waals surface area contributed by atoms with Gasteiger partial charge in [-0.15, -0.1) is 0 Å². The number of hydrogen-bond donors (Lipinski definition) is 2. The molecule has 1 aromatic rings. The monoisotopic (exact) mass is 274 g/mol. The average Bonchev–Trinajstić information content (AvgIpc) is 2.48. The number of fused-ring (bicyclic) bond motifs is 1. The second-order valence-corrected chi connectivity index (χ2v) is 5.66. The lowest BCUT2D eigenvalue weighted by atomic mass is 9.87. The van der Waals surface area contributed by atoms with Crippen LogP contribution in [0.4, 0.5) is 0 Å². The summed E-state index contributed by atoms with van der Waals surface area (Å²) in [4.78, 5) is 12.4. The summed E-state index contributed by atoms with van der Waals surface area (Å²) >= 11 is 0. The molecule has 1 heterocycles. The maximum Gasteiger partial charge on any atom is 0.240 e. The molecule has 1 fully saturated rings. The van der Waals surface area contributed by atoms with E-state index in [1.807, 2.05) is 13.0 Å². The topological polar surface area (TPSA) is 50.4 Å². The third kappa shape index (κ3) is 2.72.